The molecule has 0 aliphatic carbocycles. The molecule has 1 N–H and O–H groups in total. The van der Waals surface area contributed by atoms with Crippen LogP contribution in [-0.4, -0.2) is 43.8 Å². The molecule has 0 unspecified atom stereocenters. The summed E-state index contributed by atoms with van der Waals surface area (Å²) in [6.07, 6.45) is -5.38. The first-order chi connectivity index (χ1) is 13.4. The summed E-state index contributed by atoms with van der Waals surface area (Å²) in [6, 6.07) is 2.02. The summed E-state index contributed by atoms with van der Waals surface area (Å²) in [7, 11) is -1.70. The third-order valence-corrected chi connectivity index (χ3v) is 5.54. The van der Waals surface area contributed by atoms with Gasteiger partial charge in [0.05, 0.1) is 27.8 Å². The molecule has 0 aromatic carbocycles. The van der Waals surface area contributed by atoms with Crippen molar-refractivity contribution >= 4 is 33.2 Å². The lowest BCUT2D eigenvalue weighted by Crippen LogP contribution is -2.54. The Morgan fingerprint density at radius 2 is 1.86 bits per heavy atom. The molecule has 158 valence electrons. The van der Waals surface area contributed by atoms with Gasteiger partial charge in [0.15, 0.2) is 11.8 Å². The monoisotopic (exact) mass is 461 g/mol. The fourth-order valence-corrected chi connectivity index (χ4v) is 3.81. The number of aromatic amines is 1. The van der Waals surface area contributed by atoms with Gasteiger partial charge in [0.25, 0.3) is 0 Å². The molecular weight excluding hydrogens is 451 g/mol. The van der Waals surface area contributed by atoms with Gasteiger partial charge in [-0.3, -0.25) is 9.19 Å². The van der Waals surface area contributed by atoms with E-state index in [9.17, 15) is 34.9 Å². The van der Waals surface area contributed by atoms with Crippen LogP contribution in [0.1, 0.15) is 5.69 Å². The highest BCUT2D eigenvalue weighted by Gasteiger charge is 2.73. The van der Waals surface area contributed by atoms with Gasteiger partial charge in [-0.1, -0.05) is 0 Å². The quantitative estimate of drug-likeness (QED) is 0.525. The maximum Gasteiger partial charge on any atom is 0.460 e. The number of hydrogen-bond donors (Lipinski definition) is 1. The Labute approximate surface area is 164 Å². The molecule has 0 aliphatic heterocycles. The van der Waals surface area contributed by atoms with Crippen LogP contribution < -0.4 is 4.74 Å². The minimum atomic E-state index is -6.43. The average molecular weight is 461 g/mol. The van der Waals surface area contributed by atoms with Crippen molar-refractivity contribution in [3.63, 3.8) is 0 Å². The van der Waals surface area contributed by atoms with E-state index in [0.717, 1.165) is 18.3 Å². The third kappa shape index (κ3) is 4.37. The van der Waals surface area contributed by atoms with Gasteiger partial charge in [-0.25, -0.2) is 4.98 Å². The van der Waals surface area contributed by atoms with E-state index in [2.05, 4.69) is 19.7 Å². The van der Waals surface area contributed by atoms with Crippen LogP contribution in [0.3, 0.4) is 0 Å². The van der Waals surface area contributed by atoms with Gasteiger partial charge in [0.2, 0.25) is 0 Å². The molecule has 0 spiro atoms. The molecule has 0 fully saturated rings. The largest absolute Gasteiger partial charge is 0.487 e. The Morgan fingerprint density at radius 3 is 2.52 bits per heavy atom. The van der Waals surface area contributed by atoms with Crippen molar-refractivity contribution in [3.05, 3.63) is 34.8 Å². The predicted octanol–water partition coefficient (Wildman–Crippen LogP) is 4.54. The van der Waals surface area contributed by atoms with Crippen molar-refractivity contribution in [1.29, 1.82) is 0 Å². The molecule has 0 saturated heterocycles. The Hall–Kier alpha value is -2.22. The topological polar surface area (TPSA) is 67.9 Å². The molecule has 0 saturated carbocycles. The maximum atomic E-state index is 13.3. The van der Waals surface area contributed by atoms with Crippen LogP contribution in [0.25, 0.3) is 11.0 Å². The Morgan fingerprint density at radius 1 is 1.14 bits per heavy atom. The molecule has 3 aromatic heterocycles. The normalized spacial score (nSPS) is 14.3. The van der Waals surface area contributed by atoms with E-state index in [0.29, 0.717) is 11.0 Å². The van der Waals surface area contributed by atoms with E-state index in [4.69, 9.17) is 0 Å². The SMILES string of the molecule is O=[S@@](Cc1cc(OCC(F)(F)C(F)(F)C(F)(F)F)ccn1)c1nc2cscc2[nH]1. The lowest BCUT2D eigenvalue weighted by atomic mass is 10.2. The van der Waals surface area contributed by atoms with Crippen molar-refractivity contribution in [2.75, 3.05) is 6.61 Å². The van der Waals surface area contributed by atoms with Crippen LogP contribution in [0, 0.1) is 0 Å². The highest BCUT2D eigenvalue weighted by molar-refractivity contribution is 7.84. The number of nitrogens with zero attached hydrogens (tertiary/aromatic N) is 2. The number of imidazole rings is 1. The van der Waals surface area contributed by atoms with Gasteiger partial charge in [0.1, 0.15) is 11.3 Å². The Balaban J connectivity index is 1.68. The lowest BCUT2D eigenvalue weighted by molar-refractivity contribution is -0.358. The van der Waals surface area contributed by atoms with Gasteiger partial charge >= 0.3 is 18.0 Å². The molecule has 14 heteroatoms. The number of rotatable bonds is 7. The number of pyridine rings is 1. The first-order valence-electron chi connectivity index (χ1n) is 7.61. The van der Waals surface area contributed by atoms with E-state index >= 15 is 0 Å². The number of fused-ring (bicyclic) bond motifs is 1. The van der Waals surface area contributed by atoms with E-state index in [1.165, 1.54) is 11.3 Å². The third-order valence-electron chi connectivity index (χ3n) is 3.62. The van der Waals surface area contributed by atoms with Crippen LogP contribution >= 0.6 is 11.3 Å². The Kier molecular flexibility index (Phi) is 5.60. The second-order valence-electron chi connectivity index (χ2n) is 5.75. The first-order valence-corrected chi connectivity index (χ1v) is 9.87. The van der Waals surface area contributed by atoms with Gasteiger partial charge in [-0.15, -0.1) is 11.3 Å². The summed E-state index contributed by atoms with van der Waals surface area (Å²) in [5.41, 5.74) is 1.36. The fourth-order valence-electron chi connectivity index (χ4n) is 2.13. The van der Waals surface area contributed by atoms with E-state index in [-0.39, 0.29) is 16.6 Å². The number of alkyl halides is 7. The zero-order valence-electron chi connectivity index (χ0n) is 14.0. The summed E-state index contributed by atoms with van der Waals surface area (Å²) in [5, 5.41) is 3.63. The molecule has 1 atom stereocenters. The van der Waals surface area contributed by atoms with Crippen molar-refractivity contribution in [3.8, 4) is 5.75 Å². The van der Waals surface area contributed by atoms with Crippen LogP contribution in [0.2, 0.25) is 0 Å². The van der Waals surface area contributed by atoms with Crippen LogP contribution in [0.5, 0.6) is 5.75 Å². The minimum Gasteiger partial charge on any atom is -0.487 e. The number of thiophene rings is 1. The Bertz CT molecular complexity index is 1000. The fraction of sp³-hybridized carbons (Fsp3) is 0.333. The van der Waals surface area contributed by atoms with Crippen molar-refractivity contribution in [1.82, 2.24) is 15.0 Å². The van der Waals surface area contributed by atoms with Gasteiger partial charge < -0.3 is 9.72 Å². The van der Waals surface area contributed by atoms with Crippen molar-refractivity contribution in [2.45, 2.75) is 28.9 Å². The van der Waals surface area contributed by atoms with Crippen LogP contribution in [0.15, 0.2) is 34.2 Å². The first kappa shape index (κ1) is 21.5. The number of H-pyrrole nitrogens is 1. The summed E-state index contributed by atoms with van der Waals surface area (Å²) in [4.78, 5) is 10.8. The van der Waals surface area contributed by atoms with Gasteiger partial charge in [-0.05, 0) is 6.07 Å². The average Bonchev–Trinajstić information content (AvgIpc) is 3.21. The second kappa shape index (κ2) is 7.55. The smallest absolute Gasteiger partial charge is 0.460 e. The standard InChI is InChI=1S/C15H10F7N3O2S2/c16-13(17,14(18,19)15(20,21)22)7-27-9-1-2-23-8(3-9)6-29(26)12-24-10-4-28-5-11(10)25-12/h1-5H,6-7H2,(H,24,25)/t29-/m0/s1. The number of halogens is 7. The number of ether oxygens (including phenoxy) is 1. The van der Waals surface area contributed by atoms with Crippen molar-refractivity contribution < 1.29 is 39.7 Å². The molecule has 0 radical (unpaired) electrons. The predicted molar refractivity (Wildman–Crippen MR) is 89.8 cm³/mol. The lowest BCUT2D eigenvalue weighted by Gasteiger charge is -2.27. The molecule has 0 amide bonds. The molecule has 0 aliphatic rings. The van der Waals surface area contributed by atoms with Gasteiger partial charge in [0, 0.05) is 23.0 Å². The molecule has 3 aromatic rings. The van der Waals surface area contributed by atoms with E-state index < -0.39 is 41.2 Å². The molecule has 3 rings (SSSR count). The summed E-state index contributed by atoms with van der Waals surface area (Å²) in [5.74, 6) is -12.4. The maximum absolute atomic E-state index is 13.3. The summed E-state index contributed by atoms with van der Waals surface area (Å²) >= 11 is 1.39. The van der Waals surface area contributed by atoms with Crippen LogP contribution in [0.4, 0.5) is 30.7 Å². The van der Waals surface area contributed by atoms with Crippen molar-refractivity contribution in [2.24, 2.45) is 0 Å². The zero-order valence-corrected chi connectivity index (χ0v) is 15.6. The minimum absolute atomic E-state index is 0.0747. The summed E-state index contributed by atoms with van der Waals surface area (Å²) < 4.78 is 106. The molecule has 3 heterocycles. The van der Waals surface area contributed by atoms with Crippen LogP contribution in [-0.2, 0) is 16.6 Å². The molecule has 0 bridgehead atoms. The van der Waals surface area contributed by atoms with Gasteiger partial charge in [-0.2, -0.15) is 30.7 Å². The number of aromatic nitrogens is 3. The summed E-state index contributed by atoms with van der Waals surface area (Å²) in [6.45, 7) is -2.21. The molecule has 29 heavy (non-hydrogen) atoms. The molecular formula is C15H10F7N3O2S2. The molecule has 5 nitrogen and oxygen atoms in total. The second-order valence-corrected chi connectivity index (χ2v) is 7.86. The number of hydrogen-bond acceptors (Lipinski definition) is 5. The van der Waals surface area contributed by atoms with E-state index in [1.807, 2.05) is 0 Å². The number of nitrogens with one attached hydrogen (secondary N) is 1. The highest BCUT2D eigenvalue weighted by atomic mass is 32.2. The highest BCUT2D eigenvalue weighted by Crippen LogP contribution is 2.46. The van der Waals surface area contributed by atoms with E-state index in [1.54, 1.807) is 10.8 Å². The zero-order chi connectivity index (χ0) is 21.4.